The number of aryl methyl sites for hydroxylation is 2. The summed E-state index contributed by atoms with van der Waals surface area (Å²) in [6.45, 7) is 4.96. The maximum Gasteiger partial charge on any atom is 0.259 e. The summed E-state index contributed by atoms with van der Waals surface area (Å²) in [7, 11) is 0. The lowest BCUT2D eigenvalue weighted by Gasteiger charge is -2.22. The van der Waals surface area contributed by atoms with Crippen molar-refractivity contribution in [3.05, 3.63) is 52.9 Å². The van der Waals surface area contributed by atoms with Crippen molar-refractivity contribution in [1.29, 1.82) is 0 Å². The highest BCUT2D eigenvalue weighted by molar-refractivity contribution is 5.96. The van der Waals surface area contributed by atoms with Crippen molar-refractivity contribution < 1.29 is 9.32 Å². The molecule has 0 aliphatic carbocycles. The van der Waals surface area contributed by atoms with Gasteiger partial charge in [0.15, 0.2) is 0 Å². The van der Waals surface area contributed by atoms with Gasteiger partial charge in [-0.1, -0.05) is 35.5 Å². The number of carbonyl (C=O) groups is 1. The van der Waals surface area contributed by atoms with Gasteiger partial charge in [-0.2, -0.15) is 0 Å². The molecule has 1 aromatic carbocycles. The Morgan fingerprint density at radius 3 is 2.48 bits per heavy atom. The molecule has 0 spiro atoms. The van der Waals surface area contributed by atoms with Crippen molar-refractivity contribution in [1.82, 2.24) is 10.1 Å². The Morgan fingerprint density at radius 2 is 1.95 bits per heavy atom. The van der Waals surface area contributed by atoms with E-state index < -0.39 is 0 Å². The fourth-order valence-electron chi connectivity index (χ4n) is 2.16. The van der Waals surface area contributed by atoms with Gasteiger partial charge in [-0.15, -0.1) is 12.4 Å². The summed E-state index contributed by atoms with van der Waals surface area (Å²) in [4.78, 5) is 14.3. The summed E-state index contributed by atoms with van der Waals surface area (Å²) in [6, 6.07) is 9.84. The minimum absolute atomic E-state index is 0. The largest absolute Gasteiger partial charge is 0.361 e. The molecule has 2 rings (SSSR count). The summed E-state index contributed by atoms with van der Waals surface area (Å²) in [5.74, 6) is 0.457. The first-order chi connectivity index (χ1) is 9.63. The SMILES string of the molecule is Cc1noc(C)c1C(=O)N(CCN)Cc1ccccc1.Cl. The van der Waals surface area contributed by atoms with Crippen molar-refractivity contribution in [2.75, 3.05) is 13.1 Å². The van der Waals surface area contributed by atoms with Gasteiger partial charge in [0.2, 0.25) is 0 Å². The standard InChI is InChI=1S/C15H19N3O2.ClH/c1-11-14(12(2)20-17-11)15(19)18(9-8-16)10-13-6-4-3-5-7-13;/h3-7H,8-10,16H2,1-2H3;1H. The molecule has 1 amide bonds. The highest BCUT2D eigenvalue weighted by Crippen LogP contribution is 2.16. The van der Waals surface area contributed by atoms with Crippen molar-refractivity contribution in [2.45, 2.75) is 20.4 Å². The van der Waals surface area contributed by atoms with Crippen LogP contribution in [0.2, 0.25) is 0 Å². The monoisotopic (exact) mass is 309 g/mol. The summed E-state index contributed by atoms with van der Waals surface area (Å²) in [5.41, 5.74) is 7.84. The lowest BCUT2D eigenvalue weighted by Crippen LogP contribution is -2.35. The summed E-state index contributed by atoms with van der Waals surface area (Å²) in [6.07, 6.45) is 0. The molecular weight excluding hydrogens is 290 g/mol. The highest BCUT2D eigenvalue weighted by Gasteiger charge is 2.23. The number of nitrogens with two attached hydrogens (primary N) is 1. The molecule has 0 aliphatic heterocycles. The second kappa shape index (κ2) is 7.81. The number of rotatable bonds is 5. The molecule has 21 heavy (non-hydrogen) atoms. The van der Waals surface area contributed by atoms with Crippen LogP contribution in [-0.2, 0) is 6.54 Å². The Hall–Kier alpha value is -1.85. The van der Waals surface area contributed by atoms with Crippen LogP contribution in [0.1, 0.15) is 27.4 Å². The molecule has 114 valence electrons. The Balaban J connectivity index is 0.00000220. The molecule has 0 saturated carbocycles. The predicted molar refractivity (Wildman–Crippen MR) is 83.5 cm³/mol. The molecule has 0 fully saturated rings. The van der Waals surface area contributed by atoms with E-state index in [1.54, 1.807) is 18.7 Å². The molecule has 1 aromatic heterocycles. The second-order valence-corrected chi connectivity index (χ2v) is 4.70. The van der Waals surface area contributed by atoms with Crippen LogP contribution in [0.5, 0.6) is 0 Å². The van der Waals surface area contributed by atoms with E-state index in [-0.39, 0.29) is 18.3 Å². The minimum atomic E-state index is -0.0875. The first-order valence-corrected chi connectivity index (χ1v) is 6.59. The Bertz CT molecular complexity index is 564. The van der Waals surface area contributed by atoms with Crippen LogP contribution in [0.25, 0.3) is 0 Å². The maximum absolute atomic E-state index is 12.6. The van der Waals surface area contributed by atoms with E-state index in [2.05, 4.69) is 5.16 Å². The highest BCUT2D eigenvalue weighted by atomic mass is 35.5. The third-order valence-electron chi connectivity index (χ3n) is 3.15. The van der Waals surface area contributed by atoms with Crippen molar-refractivity contribution in [3.8, 4) is 0 Å². The minimum Gasteiger partial charge on any atom is -0.361 e. The van der Waals surface area contributed by atoms with Gasteiger partial charge in [0, 0.05) is 19.6 Å². The van der Waals surface area contributed by atoms with E-state index in [1.165, 1.54) is 0 Å². The van der Waals surface area contributed by atoms with Crippen LogP contribution in [0, 0.1) is 13.8 Å². The van der Waals surface area contributed by atoms with Crippen molar-refractivity contribution in [2.24, 2.45) is 5.73 Å². The van der Waals surface area contributed by atoms with Crippen LogP contribution in [0.3, 0.4) is 0 Å². The van der Waals surface area contributed by atoms with Gasteiger partial charge in [-0.3, -0.25) is 4.79 Å². The number of nitrogens with zero attached hydrogens (tertiary/aromatic N) is 2. The van der Waals surface area contributed by atoms with E-state index in [1.807, 2.05) is 30.3 Å². The maximum atomic E-state index is 12.6. The molecule has 0 radical (unpaired) electrons. The Labute approximate surface area is 130 Å². The molecule has 0 bridgehead atoms. The van der Waals surface area contributed by atoms with Gasteiger partial charge >= 0.3 is 0 Å². The molecule has 0 saturated heterocycles. The molecule has 0 atom stereocenters. The molecule has 2 N–H and O–H groups in total. The fraction of sp³-hybridized carbons (Fsp3) is 0.333. The third-order valence-corrected chi connectivity index (χ3v) is 3.15. The van der Waals surface area contributed by atoms with E-state index in [0.717, 1.165) is 5.56 Å². The zero-order valence-corrected chi connectivity index (χ0v) is 13.0. The molecule has 6 heteroatoms. The summed E-state index contributed by atoms with van der Waals surface area (Å²) in [5, 5.41) is 3.83. The molecule has 0 aliphatic rings. The van der Waals surface area contributed by atoms with Gasteiger partial charge in [-0.05, 0) is 19.4 Å². The summed E-state index contributed by atoms with van der Waals surface area (Å²) >= 11 is 0. The molecule has 0 unspecified atom stereocenters. The Kier molecular flexibility index (Phi) is 6.39. The zero-order valence-electron chi connectivity index (χ0n) is 12.2. The fourth-order valence-corrected chi connectivity index (χ4v) is 2.16. The average molecular weight is 310 g/mol. The van der Waals surface area contributed by atoms with E-state index in [9.17, 15) is 4.79 Å². The Morgan fingerprint density at radius 1 is 1.29 bits per heavy atom. The molecule has 5 nitrogen and oxygen atoms in total. The van der Waals surface area contributed by atoms with Crippen molar-refractivity contribution in [3.63, 3.8) is 0 Å². The molecule has 1 heterocycles. The van der Waals surface area contributed by atoms with Gasteiger partial charge in [0.05, 0.1) is 5.69 Å². The normalized spacial score (nSPS) is 10.0. The number of hydrogen-bond acceptors (Lipinski definition) is 4. The lowest BCUT2D eigenvalue weighted by molar-refractivity contribution is 0.0746. The van der Waals surface area contributed by atoms with Crippen LogP contribution in [0.15, 0.2) is 34.9 Å². The number of benzene rings is 1. The first kappa shape index (κ1) is 17.2. The van der Waals surface area contributed by atoms with Crippen LogP contribution in [0.4, 0.5) is 0 Å². The van der Waals surface area contributed by atoms with Crippen LogP contribution < -0.4 is 5.73 Å². The zero-order chi connectivity index (χ0) is 14.5. The van der Waals surface area contributed by atoms with Crippen LogP contribution in [-0.4, -0.2) is 29.1 Å². The average Bonchev–Trinajstić information content (AvgIpc) is 2.78. The number of aromatic nitrogens is 1. The topological polar surface area (TPSA) is 72.4 Å². The lowest BCUT2D eigenvalue weighted by atomic mass is 10.1. The van der Waals surface area contributed by atoms with E-state index >= 15 is 0 Å². The molecular formula is C15H20ClN3O2. The number of hydrogen-bond donors (Lipinski definition) is 1. The first-order valence-electron chi connectivity index (χ1n) is 6.59. The van der Waals surface area contributed by atoms with E-state index in [0.29, 0.717) is 36.7 Å². The van der Waals surface area contributed by atoms with Crippen LogP contribution >= 0.6 is 12.4 Å². The van der Waals surface area contributed by atoms with Gasteiger partial charge < -0.3 is 15.2 Å². The number of carbonyl (C=O) groups excluding carboxylic acids is 1. The predicted octanol–water partition coefficient (Wildman–Crippen LogP) is 2.31. The second-order valence-electron chi connectivity index (χ2n) is 4.70. The quantitative estimate of drug-likeness (QED) is 0.920. The van der Waals surface area contributed by atoms with Gasteiger partial charge in [0.1, 0.15) is 11.3 Å². The molecule has 2 aromatic rings. The van der Waals surface area contributed by atoms with Crippen molar-refractivity contribution >= 4 is 18.3 Å². The smallest absolute Gasteiger partial charge is 0.259 e. The summed E-state index contributed by atoms with van der Waals surface area (Å²) < 4.78 is 5.07. The third kappa shape index (κ3) is 4.06. The number of amides is 1. The van der Waals surface area contributed by atoms with Gasteiger partial charge in [0.25, 0.3) is 5.91 Å². The number of halogens is 1. The van der Waals surface area contributed by atoms with Gasteiger partial charge in [-0.25, -0.2) is 0 Å². The van der Waals surface area contributed by atoms with E-state index in [4.69, 9.17) is 10.3 Å².